The van der Waals surface area contributed by atoms with Crippen LogP contribution >= 0.6 is 0 Å². The van der Waals surface area contributed by atoms with E-state index in [2.05, 4.69) is 24.5 Å². The van der Waals surface area contributed by atoms with Gasteiger partial charge in [0.1, 0.15) is 0 Å². The number of hydrogen-bond donors (Lipinski definition) is 2. The highest BCUT2D eigenvalue weighted by molar-refractivity contribution is 5.85. The maximum Gasteiger partial charge on any atom is 0.239 e. The van der Waals surface area contributed by atoms with Gasteiger partial charge in [-0.1, -0.05) is 27.2 Å². The maximum atomic E-state index is 12.1. The SMILES string of the molecule is CCNC(C)(C)C(=O)NC1CCCC1(C)C. The zero-order valence-electron chi connectivity index (χ0n) is 11.3. The summed E-state index contributed by atoms with van der Waals surface area (Å²) in [5.74, 6) is 0.120. The Morgan fingerprint density at radius 3 is 2.50 bits per heavy atom. The van der Waals surface area contributed by atoms with Gasteiger partial charge < -0.3 is 10.6 Å². The Bertz CT molecular complexity index is 259. The molecule has 3 heteroatoms. The van der Waals surface area contributed by atoms with E-state index >= 15 is 0 Å². The highest BCUT2D eigenvalue weighted by Gasteiger charge is 2.38. The van der Waals surface area contributed by atoms with Crippen LogP contribution in [0.3, 0.4) is 0 Å². The monoisotopic (exact) mass is 226 g/mol. The summed E-state index contributed by atoms with van der Waals surface area (Å²) in [7, 11) is 0. The standard InChI is InChI=1S/C13H26N2O/c1-6-14-13(4,5)11(16)15-10-8-7-9-12(10,2)3/h10,14H,6-9H2,1-5H3,(H,15,16). The third kappa shape index (κ3) is 2.97. The molecule has 1 unspecified atom stereocenters. The summed E-state index contributed by atoms with van der Waals surface area (Å²) >= 11 is 0. The Morgan fingerprint density at radius 2 is 2.06 bits per heavy atom. The van der Waals surface area contributed by atoms with Crippen molar-refractivity contribution in [3.8, 4) is 0 Å². The normalized spacial score (nSPS) is 24.4. The molecule has 1 atom stereocenters. The molecule has 1 fully saturated rings. The molecular formula is C13H26N2O. The van der Waals surface area contributed by atoms with Gasteiger partial charge in [-0.2, -0.15) is 0 Å². The fraction of sp³-hybridized carbons (Fsp3) is 0.923. The summed E-state index contributed by atoms with van der Waals surface area (Å²) in [6, 6.07) is 0.331. The second kappa shape index (κ2) is 4.74. The van der Waals surface area contributed by atoms with E-state index in [4.69, 9.17) is 0 Å². The molecule has 94 valence electrons. The Kier molecular flexibility index (Phi) is 4.00. The number of carbonyl (C=O) groups excluding carboxylic acids is 1. The van der Waals surface area contributed by atoms with Crippen LogP contribution in [-0.4, -0.2) is 24.0 Å². The van der Waals surface area contributed by atoms with Crippen LogP contribution in [0.5, 0.6) is 0 Å². The van der Waals surface area contributed by atoms with Gasteiger partial charge in [0, 0.05) is 6.04 Å². The van der Waals surface area contributed by atoms with Crippen molar-refractivity contribution in [3.63, 3.8) is 0 Å². The van der Waals surface area contributed by atoms with E-state index in [0.717, 1.165) is 13.0 Å². The lowest BCUT2D eigenvalue weighted by atomic mass is 9.87. The van der Waals surface area contributed by atoms with Gasteiger partial charge in [-0.25, -0.2) is 0 Å². The number of amides is 1. The molecule has 3 nitrogen and oxygen atoms in total. The third-order valence-corrected chi connectivity index (χ3v) is 3.75. The summed E-state index contributed by atoms with van der Waals surface area (Å²) in [4.78, 5) is 12.1. The van der Waals surface area contributed by atoms with Crippen molar-refractivity contribution < 1.29 is 4.79 Å². The molecule has 0 aromatic carbocycles. The topological polar surface area (TPSA) is 41.1 Å². The van der Waals surface area contributed by atoms with Gasteiger partial charge in [-0.15, -0.1) is 0 Å². The molecule has 0 spiro atoms. The number of carbonyl (C=O) groups is 1. The van der Waals surface area contributed by atoms with Crippen molar-refractivity contribution in [3.05, 3.63) is 0 Å². The second-order valence-corrected chi connectivity index (χ2v) is 6.06. The molecule has 1 aliphatic carbocycles. The van der Waals surface area contributed by atoms with Gasteiger partial charge in [-0.05, 0) is 38.6 Å². The van der Waals surface area contributed by atoms with Crippen LogP contribution in [0.25, 0.3) is 0 Å². The first-order valence-electron chi connectivity index (χ1n) is 6.35. The lowest BCUT2D eigenvalue weighted by Gasteiger charge is -2.32. The zero-order valence-corrected chi connectivity index (χ0v) is 11.3. The number of hydrogen-bond acceptors (Lipinski definition) is 2. The first-order valence-corrected chi connectivity index (χ1v) is 6.35. The van der Waals surface area contributed by atoms with Crippen LogP contribution in [0.2, 0.25) is 0 Å². The minimum atomic E-state index is -0.465. The molecule has 1 amide bonds. The van der Waals surface area contributed by atoms with Crippen LogP contribution in [-0.2, 0) is 4.79 Å². The molecule has 0 bridgehead atoms. The molecular weight excluding hydrogens is 200 g/mol. The van der Waals surface area contributed by atoms with Gasteiger partial charge in [0.05, 0.1) is 5.54 Å². The summed E-state index contributed by atoms with van der Waals surface area (Å²) < 4.78 is 0. The lowest BCUT2D eigenvalue weighted by Crippen LogP contribution is -2.56. The minimum absolute atomic E-state index is 0.120. The van der Waals surface area contributed by atoms with E-state index in [0.29, 0.717) is 6.04 Å². The van der Waals surface area contributed by atoms with Gasteiger partial charge >= 0.3 is 0 Å². The van der Waals surface area contributed by atoms with Crippen molar-refractivity contribution in [1.29, 1.82) is 0 Å². The summed E-state index contributed by atoms with van der Waals surface area (Å²) in [5, 5.41) is 6.40. The minimum Gasteiger partial charge on any atom is -0.351 e. The first-order chi connectivity index (χ1) is 7.29. The molecule has 0 radical (unpaired) electrons. The number of rotatable bonds is 4. The predicted molar refractivity (Wildman–Crippen MR) is 67.3 cm³/mol. The van der Waals surface area contributed by atoms with E-state index in [1.165, 1.54) is 12.8 Å². The molecule has 0 aliphatic heterocycles. The second-order valence-electron chi connectivity index (χ2n) is 6.06. The van der Waals surface area contributed by atoms with Crippen molar-refractivity contribution in [2.45, 2.75) is 65.5 Å². The van der Waals surface area contributed by atoms with Gasteiger partial charge in [0.25, 0.3) is 0 Å². The van der Waals surface area contributed by atoms with Crippen molar-refractivity contribution in [2.24, 2.45) is 5.41 Å². The molecule has 1 saturated carbocycles. The van der Waals surface area contributed by atoms with Crippen LogP contribution in [0.4, 0.5) is 0 Å². The number of nitrogens with one attached hydrogen (secondary N) is 2. The van der Waals surface area contributed by atoms with Crippen molar-refractivity contribution in [2.75, 3.05) is 6.54 Å². The van der Waals surface area contributed by atoms with Crippen molar-refractivity contribution >= 4 is 5.91 Å². The van der Waals surface area contributed by atoms with Crippen LogP contribution < -0.4 is 10.6 Å². The van der Waals surface area contributed by atoms with E-state index in [9.17, 15) is 4.79 Å². The summed E-state index contributed by atoms with van der Waals surface area (Å²) in [6.07, 6.45) is 3.54. The van der Waals surface area contributed by atoms with Crippen LogP contribution in [0, 0.1) is 5.41 Å². The fourth-order valence-electron chi connectivity index (χ4n) is 2.46. The fourth-order valence-corrected chi connectivity index (χ4v) is 2.46. The zero-order chi connectivity index (χ0) is 12.4. The molecule has 1 aliphatic rings. The average Bonchev–Trinajstić information content (AvgIpc) is 2.45. The van der Waals surface area contributed by atoms with Gasteiger partial charge in [-0.3, -0.25) is 4.79 Å². The quantitative estimate of drug-likeness (QED) is 0.770. The van der Waals surface area contributed by atoms with E-state index in [-0.39, 0.29) is 11.3 Å². The third-order valence-electron chi connectivity index (χ3n) is 3.75. The molecule has 0 saturated heterocycles. The van der Waals surface area contributed by atoms with Crippen LogP contribution in [0.1, 0.15) is 53.9 Å². The summed E-state index contributed by atoms with van der Waals surface area (Å²) in [5.41, 5.74) is -0.217. The van der Waals surface area contributed by atoms with E-state index in [1.54, 1.807) is 0 Å². The summed E-state index contributed by atoms with van der Waals surface area (Å²) in [6.45, 7) is 11.2. The number of likely N-dealkylation sites (N-methyl/N-ethyl adjacent to an activating group) is 1. The average molecular weight is 226 g/mol. The molecule has 0 heterocycles. The molecule has 0 aromatic heterocycles. The van der Waals surface area contributed by atoms with Crippen molar-refractivity contribution in [1.82, 2.24) is 10.6 Å². The Hall–Kier alpha value is -0.570. The van der Waals surface area contributed by atoms with Gasteiger partial charge in [0.15, 0.2) is 0 Å². The molecule has 0 aromatic rings. The van der Waals surface area contributed by atoms with Crippen LogP contribution in [0.15, 0.2) is 0 Å². The largest absolute Gasteiger partial charge is 0.351 e. The Morgan fingerprint density at radius 1 is 1.44 bits per heavy atom. The molecule has 2 N–H and O–H groups in total. The lowest BCUT2D eigenvalue weighted by molar-refractivity contribution is -0.127. The predicted octanol–water partition coefficient (Wildman–Crippen LogP) is 2.07. The highest BCUT2D eigenvalue weighted by atomic mass is 16.2. The smallest absolute Gasteiger partial charge is 0.239 e. The molecule has 1 rings (SSSR count). The highest BCUT2D eigenvalue weighted by Crippen LogP contribution is 2.37. The first kappa shape index (κ1) is 13.5. The maximum absolute atomic E-state index is 12.1. The van der Waals surface area contributed by atoms with Gasteiger partial charge in [0.2, 0.25) is 5.91 Å². The van der Waals surface area contributed by atoms with E-state index in [1.807, 2.05) is 20.8 Å². The Balaban J connectivity index is 2.57. The molecule has 16 heavy (non-hydrogen) atoms. The van der Waals surface area contributed by atoms with E-state index < -0.39 is 5.54 Å². The Labute approximate surface area is 99.4 Å².